The van der Waals surface area contributed by atoms with Crippen LogP contribution in [-0.2, 0) is 17.8 Å². The number of hydrogen-bond donors (Lipinski definition) is 5. The molecule has 0 saturated carbocycles. The summed E-state index contributed by atoms with van der Waals surface area (Å²) in [6, 6.07) is 11.5. The Labute approximate surface area is 252 Å². The number of aliphatic hydroxyl groups is 2. The van der Waals surface area contributed by atoms with E-state index in [9.17, 15) is 15.3 Å². The maximum atomic E-state index is 11.1. The fourth-order valence-electron chi connectivity index (χ4n) is 6.28. The normalized spacial score (nSPS) is 24.6. The second-order valence-electron chi connectivity index (χ2n) is 11.9. The van der Waals surface area contributed by atoms with E-state index in [0.717, 1.165) is 64.5 Å². The summed E-state index contributed by atoms with van der Waals surface area (Å²) in [7, 11) is 0. The van der Waals surface area contributed by atoms with Crippen molar-refractivity contribution in [1.82, 2.24) is 9.88 Å². The molecule has 3 aromatic rings. The highest BCUT2D eigenvalue weighted by Gasteiger charge is 2.25. The van der Waals surface area contributed by atoms with Crippen LogP contribution in [0.2, 0.25) is 0 Å². The zero-order valence-corrected chi connectivity index (χ0v) is 24.5. The second-order valence-corrected chi connectivity index (χ2v) is 11.9. The Bertz CT molecular complexity index is 1580. The van der Waals surface area contributed by atoms with Crippen molar-refractivity contribution in [3.8, 4) is 23.3 Å². The minimum Gasteiger partial charge on any atom is -0.504 e. The fraction of sp³-hybridized carbons (Fsp3) is 0.429. The molecule has 226 valence electrons. The van der Waals surface area contributed by atoms with Gasteiger partial charge in [-0.25, -0.2) is 0 Å². The van der Waals surface area contributed by atoms with Crippen LogP contribution in [0.5, 0.6) is 11.5 Å². The van der Waals surface area contributed by atoms with Gasteiger partial charge in [-0.2, -0.15) is 0 Å². The molecule has 1 aromatic heterocycles. The molecule has 6 rings (SSSR count). The molecule has 4 heterocycles. The number of fused-ring (bicyclic) bond motifs is 6. The van der Waals surface area contributed by atoms with Crippen molar-refractivity contribution in [2.24, 2.45) is 11.7 Å². The maximum Gasteiger partial charge on any atom is 0.161 e. The van der Waals surface area contributed by atoms with Gasteiger partial charge in [0, 0.05) is 46.8 Å². The van der Waals surface area contributed by atoms with E-state index >= 15 is 0 Å². The van der Waals surface area contributed by atoms with Crippen LogP contribution < -0.4 is 15.8 Å². The number of phenolic OH excluding ortho intramolecular Hbond substituents is 1. The number of ether oxygens (including phenoxy) is 2. The molecule has 6 N–H and O–H groups in total. The number of phenols is 1. The molecule has 4 atom stereocenters. The minimum absolute atomic E-state index is 0.0929. The van der Waals surface area contributed by atoms with Gasteiger partial charge in [-0.1, -0.05) is 36.1 Å². The molecule has 8 nitrogen and oxygen atoms in total. The topological polar surface area (TPSA) is 122 Å². The van der Waals surface area contributed by atoms with Crippen molar-refractivity contribution in [1.29, 1.82) is 0 Å². The summed E-state index contributed by atoms with van der Waals surface area (Å²) >= 11 is 0. The van der Waals surface area contributed by atoms with Crippen LogP contribution in [0.1, 0.15) is 56.1 Å². The first kappa shape index (κ1) is 29.3. The lowest BCUT2D eigenvalue weighted by atomic mass is 9.94. The lowest BCUT2D eigenvalue weighted by Crippen LogP contribution is -2.40. The molecule has 43 heavy (non-hydrogen) atoms. The van der Waals surface area contributed by atoms with E-state index in [1.54, 1.807) is 6.07 Å². The highest BCUT2D eigenvalue weighted by Crippen LogP contribution is 2.32. The lowest BCUT2D eigenvalue weighted by molar-refractivity contribution is 0.0167. The fourth-order valence-corrected chi connectivity index (χ4v) is 6.28. The van der Waals surface area contributed by atoms with Crippen LogP contribution >= 0.6 is 0 Å². The number of nitrogens with one attached hydrogen (secondary N) is 1. The summed E-state index contributed by atoms with van der Waals surface area (Å²) in [5.41, 5.74) is 10.3. The van der Waals surface area contributed by atoms with Crippen LogP contribution in [0, 0.1) is 17.8 Å². The summed E-state index contributed by atoms with van der Waals surface area (Å²) in [6.45, 7) is 0.774. The van der Waals surface area contributed by atoms with Crippen molar-refractivity contribution < 1.29 is 24.8 Å². The van der Waals surface area contributed by atoms with E-state index in [-0.39, 0.29) is 31.0 Å². The van der Waals surface area contributed by atoms with Gasteiger partial charge in [0.25, 0.3) is 0 Å². The van der Waals surface area contributed by atoms with Crippen LogP contribution in [0.25, 0.3) is 16.6 Å². The number of nitrogens with zero attached hydrogens (tertiary/aromatic N) is 1. The van der Waals surface area contributed by atoms with Gasteiger partial charge < -0.3 is 40.4 Å². The first-order chi connectivity index (χ1) is 21.0. The van der Waals surface area contributed by atoms with E-state index in [1.165, 1.54) is 0 Å². The van der Waals surface area contributed by atoms with Crippen LogP contribution in [0.3, 0.4) is 0 Å². The monoisotopic (exact) mass is 583 g/mol. The molecule has 0 amide bonds. The Hall–Kier alpha value is -3.74. The Balaban J connectivity index is 1.45. The molecular weight excluding hydrogens is 542 g/mol. The predicted molar refractivity (Wildman–Crippen MR) is 167 cm³/mol. The standard InChI is InChI=1S/C35H41N3O5/c36-34-17-25-12-9-23(5-3-15-39)4-1-8-29-18-28(40)13-10-24-11-14-32(41)33(16-24)43-21-27-7-2-6-26-19-38(20-30(26)27)35(37-34)31(25)22-42-29/h2,6-7,11,14,16-17,19-20,23,28-29,34,37,39-41H,1,3-5,8,10,13,15,18,21-22,36H2/t23-,28+,29-,34?/m0/s1. The van der Waals surface area contributed by atoms with Gasteiger partial charge >= 0.3 is 0 Å². The minimum atomic E-state index is -0.542. The quantitative estimate of drug-likeness (QED) is 0.287. The van der Waals surface area contributed by atoms with Crippen molar-refractivity contribution in [3.05, 3.63) is 77.1 Å². The molecule has 0 spiro atoms. The van der Waals surface area contributed by atoms with Crippen molar-refractivity contribution in [2.45, 2.75) is 76.3 Å². The van der Waals surface area contributed by atoms with Gasteiger partial charge in [0.2, 0.25) is 0 Å². The van der Waals surface area contributed by atoms with Crippen LogP contribution in [-0.4, -0.2) is 51.5 Å². The number of dihydropyridines is 1. The Morgan fingerprint density at radius 3 is 2.88 bits per heavy atom. The number of aryl methyl sites for hydroxylation is 1. The molecule has 0 saturated heterocycles. The smallest absolute Gasteiger partial charge is 0.161 e. The van der Waals surface area contributed by atoms with Gasteiger partial charge in [-0.15, -0.1) is 0 Å². The average Bonchev–Trinajstić information content (AvgIpc) is 3.43. The summed E-state index contributed by atoms with van der Waals surface area (Å²) < 4.78 is 14.8. The third kappa shape index (κ3) is 6.92. The highest BCUT2D eigenvalue weighted by atomic mass is 16.5. The number of aliphatic hydroxyl groups excluding tert-OH is 2. The van der Waals surface area contributed by atoms with Crippen LogP contribution in [0.15, 0.2) is 66.0 Å². The predicted octanol–water partition coefficient (Wildman–Crippen LogP) is 4.57. The zero-order valence-electron chi connectivity index (χ0n) is 24.5. The van der Waals surface area contributed by atoms with E-state index in [4.69, 9.17) is 15.2 Å². The van der Waals surface area contributed by atoms with Crippen molar-refractivity contribution in [2.75, 3.05) is 13.2 Å². The molecular formula is C35H41N3O5. The third-order valence-corrected chi connectivity index (χ3v) is 8.67. The SMILES string of the molecule is NC1C=C2C#C[C@H](CCCO)CCC[C@H]3C[C@H](O)CCc4ccc(O)c(c4)OCc4cccc5cn(cc45)C(=C2CO3)N1. The van der Waals surface area contributed by atoms with E-state index in [2.05, 4.69) is 40.2 Å². The van der Waals surface area contributed by atoms with Gasteiger partial charge in [0.1, 0.15) is 12.4 Å². The van der Waals surface area contributed by atoms with Gasteiger partial charge in [-0.3, -0.25) is 0 Å². The molecule has 6 bridgehead atoms. The molecule has 8 heteroatoms. The Morgan fingerprint density at radius 1 is 1.09 bits per heavy atom. The van der Waals surface area contributed by atoms with Crippen molar-refractivity contribution >= 4 is 16.6 Å². The highest BCUT2D eigenvalue weighted by molar-refractivity contribution is 5.87. The molecule has 0 radical (unpaired) electrons. The number of aromatic hydroxyl groups is 1. The third-order valence-electron chi connectivity index (χ3n) is 8.67. The first-order valence-corrected chi connectivity index (χ1v) is 15.4. The summed E-state index contributed by atoms with van der Waals surface area (Å²) in [5.74, 6) is 8.44. The molecule has 0 aliphatic carbocycles. The van der Waals surface area contributed by atoms with E-state index in [1.807, 2.05) is 30.3 Å². The average molecular weight is 584 g/mol. The maximum absolute atomic E-state index is 11.1. The molecule has 0 fully saturated rings. The zero-order chi connectivity index (χ0) is 29.8. The van der Waals surface area contributed by atoms with Crippen LogP contribution in [0.4, 0.5) is 0 Å². The van der Waals surface area contributed by atoms with Gasteiger partial charge in [-0.05, 0) is 80.7 Å². The summed E-state index contributed by atoms with van der Waals surface area (Å²) in [6.07, 6.45) is 11.0. The molecule has 1 unspecified atom stereocenters. The number of rotatable bonds is 3. The summed E-state index contributed by atoms with van der Waals surface area (Å²) in [5, 5.41) is 36.6. The lowest BCUT2D eigenvalue weighted by Gasteiger charge is -2.28. The molecule has 2 aromatic carbocycles. The van der Waals surface area contributed by atoms with E-state index < -0.39 is 12.3 Å². The molecule has 3 aliphatic heterocycles. The number of benzene rings is 2. The number of aromatic nitrogens is 1. The Morgan fingerprint density at radius 2 is 2.00 bits per heavy atom. The number of nitrogens with two attached hydrogens (primary N) is 1. The Kier molecular flexibility index (Phi) is 9.06. The molecule has 3 aliphatic rings. The van der Waals surface area contributed by atoms with Crippen molar-refractivity contribution in [3.63, 3.8) is 0 Å². The summed E-state index contributed by atoms with van der Waals surface area (Å²) in [4.78, 5) is 0. The first-order valence-electron chi connectivity index (χ1n) is 15.4. The second kappa shape index (κ2) is 13.3. The largest absolute Gasteiger partial charge is 0.504 e. The van der Waals surface area contributed by atoms with Gasteiger partial charge in [0.05, 0.1) is 25.0 Å². The van der Waals surface area contributed by atoms with E-state index in [0.29, 0.717) is 38.0 Å². The van der Waals surface area contributed by atoms with Gasteiger partial charge in [0.15, 0.2) is 11.5 Å². The number of hydrogen-bond acceptors (Lipinski definition) is 7.